The van der Waals surface area contributed by atoms with Gasteiger partial charge in [-0.3, -0.25) is 0 Å². The summed E-state index contributed by atoms with van der Waals surface area (Å²) in [5.74, 6) is 0.728. The summed E-state index contributed by atoms with van der Waals surface area (Å²) in [5, 5.41) is 0. The molecule has 2 N–H and O–H groups in total. The van der Waals surface area contributed by atoms with Crippen LogP contribution in [0.15, 0.2) is 18.2 Å². The van der Waals surface area contributed by atoms with E-state index < -0.39 is 0 Å². The summed E-state index contributed by atoms with van der Waals surface area (Å²) in [6.45, 7) is 4.76. The number of nitrogens with zero attached hydrogens (tertiary/aromatic N) is 1. The zero-order chi connectivity index (χ0) is 13.7. The molecule has 1 aromatic rings. The topological polar surface area (TPSA) is 29.3 Å². The molecule has 0 saturated carbocycles. The Balaban J connectivity index is 2.10. The van der Waals surface area contributed by atoms with Gasteiger partial charge in [0.1, 0.15) is 5.82 Å². The third-order valence-corrected chi connectivity index (χ3v) is 4.11. The Hall–Kier alpha value is -1.09. The van der Waals surface area contributed by atoms with Crippen molar-refractivity contribution >= 4 is 5.69 Å². The summed E-state index contributed by atoms with van der Waals surface area (Å²) in [5.41, 5.74) is 7.48. The van der Waals surface area contributed by atoms with Crippen LogP contribution in [0, 0.1) is 11.7 Å². The maximum atomic E-state index is 14.1. The van der Waals surface area contributed by atoms with Crippen LogP contribution in [0.3, 0.4) is 0 Å². The number of piperidine rings is 1. The molecule has 0 bridgehead atoms. The third-order valence-electron chi connectivity index (χ3n) is 4.11. The Kier molecular flexibility index (Phi) is 5.20. The molecule has 1 fully saturated rings. The predicted molar refractivity (Wildman–Crippen MR) is 79.0 cm³/mol. The fourth-order valence-corrected chi connectivity index (χ4v) is 3.12. The zero-order valence-corrected chi connectivity index (χ0v) is 11.9. The van der Waals surface area contributed by atoms with Crippen LogP contribution in [0.4, 0.5) is 10.1 Å². The van der Waals surface area contributed by atoms with Crippen molar-refractivity contribution in [2.24, 2.45) is 11.7 Å². The molecule has 1 aromatic carbocycles. The molecule has 1 aliphatic heterocycles. The first-order valence-electron chi connectivity index (χ1n) is 7.48. The summed E-state index contributed by atoms with van der Waals surface area (Å²) in [6, 6.07) is 5.35. The first-order chi connectivity index (χ1) is 9.26. The maximum absolute atomic E-state index is 14.1. The lowest BCUT2D eigenvalue weighted by atomic mass is 9.92. The number of hydrogen-bond acceptors (Lipinski definition) is 2. The standard InChI is InChI=1S/C16H25FN2/c1-2-4-13-8-11-19(12-9-13)16-14(7-10-18)5-3-6-15(16)17/h3,5-6,13H,2,4,7-12,18H2,1H3. The van der Waals surface area contributed by atoms with Crippen molar-refractivity contribution in [3.63, 3.8) is 0 Å². The molecule has 0 spiro atoms. The Bertz CT molecular complexity index is 398. The number of para-hydroxylation sites is 1. The van der Waals surface area contributed by atoms with E-state index in [0.717, 1.165) is 36.7 Å². The Morgan fingerprint density at radius 3 is 2.68 bits per heavy atom. The fraction of sp³-hybridized carbons (Fsp3) is 0.625. The van der Waals surface area contributed by atoms with Gasteiger partial charge in [-0.2, -0.15) is 0 Å². The molecule has 1 saturated heterocycles. The highest BCUT2D eigenvalue weighted by Gasteiger charge is 2.22. The highest BCUT2D eigenvalue weighted by Crippen LogP contribution is 2.30. The van der Waals surface area contributed by atoms with Crippen LogP contribution in [-0.4, -0.2) is 19.6 Å². The van der Waals surface area contributed by atoms with E-state index in [9.17, 15) is 4.39 Å². The third kappa shape index (κ3) is 3.47. The molecule has 0 aliphatic carbocycles. The van der Waals surface area contributed by atoms with Gasteiger partial charge in [-0.05, 0) is 43.4 Å². The number of halogens is 1. The molecular weight excluding hydrogens is 239 g/mol. The van der Waals surface area contributed by atoms with E-state index in [0.29, 0.717) is 6.54 Å². The van der Waals surface area contributed by atoms with E-state index in [1.54, 1.807) is 12.1 Å². The highest BCUT2D eigenvalue weighted by molar-refractivity contribution is 5.55. The number of hydrogen-bond donors (Lipinski definition) is 1. The van der Waals surface area contributed by atoms with Crippen LogP contribution in [0.1, 0.15) is 38.2 Å². The quantitative estimate of drug-likeness (QED) is 0.883. The summed E-state index contributed by atoms with van der Waals surface area (Å²) in [4.78, 5) is 2.21. The molecule has 2 nitrogen and oxygen atoms in total. The number of anilines is 1. The second kappa shape index (κ2) is 6.90. The normalized spacial score (nSPS) is 16.9. The molecule has 0 unspecified atom stereocenters. The largest absolute Gasteiger partial charge is 0.369 e. The van der Waals surface area contributed by atoms with E-state index in [4.69, 9.17) is 5.73 Å². The molecule has 2 rings (SSSR count). The summed E-state index contributed by atoms with van der Waals surface area (Å²) >= 11 is 0. The SMILES string of the molecule is CCCC1CCN(c2c(F)cccc2CCN)CC1. The monoisotopic (exact) mass is 264 g/mol. The van der Waals surface area contributed by atoms with Crippen molar-refractivity contribution in [1.29, 1.82) is 0 Å². The van der Waals surface area contributed by atoms with Crippen LogP contribution in [0.5, 0.6) is 0 Å². The second-order valence-electron chi connectivity index (χ2n) is 5.51. The lowest BCUT2D eigenvalue weighted by molar-refractivity contribution is 0.376. The van der Waals surface area contributed by atoms with Gasteiger partial charge in [0.25, 0.3) is 0 Å². The van der Waals surface area contributed by atoms with Crippen molar-refractivity contribution in [3.05, 3.63) is 29.6 Å². The van der Waals surface area contributed by atoms with Crippen LogP contribution < -0.4 is 10.6 Å². The Morgan fingerprint density at radius 1 is 1.32 bits per heavy atom. The van der Waals surface area contributed by atoms with Crippen molar-refractivity contribution < 1.29 is 4.39 Å². The molecule has 0 aromatic heterocycles. The van der Waals surface area contributed by atoms with Crippen molar-refractivity contribution in [1.82, 2.24) is 0 Å². The molecule has 0 atom stereocenters. The van der Waals surface area contributed by atoms with Gasteiger partial charge >= 0.3 is 0 Å². The zero-order valence-electron chi connectivity index (χ0n) is 11.9. The van der Waals surface area contributed by atoms with Crippen molar-refractivity contribution in [3.8, 4) is 0 Å². The molecule has 0 radical (unpaired) electrons. The molecular formula is C16H25FN2. The molecule has 3 heteroatoms. The maximum Gasteiger partial charge on any atom is 0.146 e. The smallest absolute Gasteiger partial charge is 0.146 e. The van der Waals surface area contributed by atoms with Crippen LogP contribution >= 0.6 is 0 Å². The molecule has 1 heterocycles. The Labute approximate surface area is 115 Å². The summed E-state index contributed by atoms with van der Waals surface area (Å²) in [6.07, 6.45) is 5.68. The highest BCUT2D eigenvalue weighted by atomic mass is 19.1. The van der Waals surface area contributed by atoms with E-state index in [2.05, 4.69) is 11.8 Å². The molecule has 0 amide bonds. The first-order valence-corrected chi connectivity index (χ1v) is 7.48. The average Bonchev–Trinajstić information content (AvgIpc) is 2.41. The first kappa shape index (κ1) is 14.3. The van der Waals surface area contributed by atoms with Gasteiger partial charge in [0.2, 0.25) is 0 Å². The minimum absolute atomic E-state index is 0.0973. The van der Waals surface area contributed by atoms with Crippen LogP contribution in [-0.2, 0) is 6.42 Å². The van der Waals surface area contributed by atoms with E-state index in [-0.39, 0.29) is 5.82 Å². The van der Waals surface area contributed by atoms with Gasteiger partial charge < -0.3 is 10.6 Å². The van der Waals surface area contributed by atoms with Gasteiger partial charge in [-0.25, -0.2) is 4.39 Å². The fourth-order valence-electron chi connectivity index (χ4n) is 3.12. The van der Waals surface area contributed by atoms with Crippen LogP contribution in [0.25, 0.3) is 0 Å². The van der Waals surface area contributed by atoms with Gasteiger partial charge in [-0.1, -0.05) is 31.9 Å². The van der Waals surface area contributed by atoms with E-state index in [1.165, 1.54) is 25.7 Å². The average molecular weight is 264 g/mol. The summed E-state index contributed by atoms with van der Waals surface area (Å²) in [7, 11) is 0. The van der Waals surface area contributed by atoms with Gasteiger partial charge in [0.15, 0.2) is 0 Å². The van der Waals surface area contributed by atoms with Gasteiger partial charge in [0, 0.05) is 13.1 Å². The molecule has 106 valence electrons. The van der Waals surface area contributed by atoms with E-state index >= 15 is 0 Å². The Morgan fingerprint density at radius 2 is 2.05 bits per heavy atom. The number of benzene rings is 1. The molecule has 1 aliphatic rings. The predicted octanol–water partition coefficient (Wildman–Crippen LogP) is 3.34. The minimum Gasteiger partial charge on any atom is -0.369 e. The van der Waals surface area contributed by atoms with E-state index in [1.807, 2.05) is 6.07 Å². The molecule has 19 heavy (non-hydrogen) atoms. The number of nitrogens with two attached hydrogens (primary N) is 1. The summed E-state index contributed by atoms with van der Waals surface area (Å²) < 4.78 is 14.1. The van der Waals surface area contributed by atoms with Gasteiger partial charge in [-0.15, -0.1) is 0 Å². The second-order valence-corrected chi connectivity index (χ2v) is 5.51. The van der Waals surface area contributed by atoms with Gasteiger partial charge in [0.05, 0.1) is 5.69 Å². The van der Waals surface area contributed by atoms with Crippen molar-refractivity contribution in [2.45, 2.75) is 39.0 Å². The minimum atomic E-state index is -0.0973. The van der Waals surface area contributed by atoms with Crippen molar-refractivity contribution in [2.75, 3.05) is 24.5 Å². The van der Waals surface area contributed by atoms with Crippen LogP contribution in [0.2, 0.25) is 0 Å². The number of rotatable bonds is 5. The lowest BCUT2D eigenvalue weighted by Crippen LogP contribution is -2.35. The lowest BCUT2D eigenvalue weighted by Gasteiger charge is -2.35.